The van der Waals surface area contributed by atoms with Gasteiger partial charge in [-0.2, -0.15) is 0 Å². The molecule has 3 rings (SSSR count). The summed E-state index contributed by atoms with van der Waals surface area (Å²) in [6.07, 6.45) is 4.82. The van der Waals surface area contributed by atoms with Crippen molar-refractivity contribution >= 4 is 5.91 Å². The van der Waals surface area contributed by atoms with Gasteiger partial charge in [0.25, 0.3) is 0 Å². The maximum atomic E-state index is 13.6. The molecule has 0 saturated heterocycles. The van der Waals surface area contributed by atoms with E-state index in [2.05, 4.69) is 35.8 Å². The van der Waals surface area contributed by atoms with Crippen molar-refractivity contribution in [2.24, 2.45) is 5.73 Å². The van der Waals surface area contributed by atoms with E-state index in [1.807, 2.05) is 0 Å². The van der Waals surface area contributed by atoms with Crippen molar-refractivity contribution in [3.05, 3.63) is 70.3 Å². The van der Waals surface area contributed by atoms with E-state index < -0.39 is 23.7 Å². The van der Waals surface area contributed by atoms with Crippen LogP contribution in [-0.4, -0.2) is 24.5 Å². The highest BCUT2D eigenvalue weighted by atomic mass is 19.1. The number of nitrogens with one attached hydrogen (secondary N) is 2. The van der Waals surface area contributed by atoms with E-state index in [-0.39, 0.29) is 18.4 Å². The van der Waals surface area contributed by atoms with Gasteiger partial charge in [-0.05, 0) is 66.5 Å². The van der Waals surface area contributed by atoms with E-state index in [0.29, 0.717) is 18.5 Å². The number of benzene rings is 2. The zero-order valence-corrected chi connectivity index (χ0v) is 18.4. The number of carbonyl (C=O) groups excluding carboxylic acids is 1. The van der Waals surface area contributed by atoms with Crippen molar-refractivity contribution in [2.45, 2.75) is 70.5 Å². The fourth-order valence-corrected chi connectivity index (χ4v) is 4.30. The average Bonchev–Trinajstić information content (AvgIpc) is 2.75. The Bertz CT molecular complexity index is 882. The van der Waals surface area contributed by atoms with Crippen LogP contribution in [0.4, 0.5) is 8.78 Å². The van der Waals surface area contributed by atoms with Crippen LogP contribution in [0, 0.1) is 11.6 Å². The first-order chi connectivity index (χ1) is 14.9. The summed E-state index contributed by atoms with van der Waals surface area (Å²) in [6, 6.07) is 9.52. The third-order valence-electron chi connectivity index (χ3n) is 6.10. The number of rotatable bonds is 9. The maximum Gasteiger partial charge on any atom is 0.219 e. The summed E-state index contributed by atoms with van der Waals surface area (Å²) in [5.74, 6) is -1.39. The third kappa shape index (κ3) is 6.34. The molecule has 4 nitrogen and oxygen atoms in total. The molecule has 0 radical (unpaired) electrons. The molecule has 2 aromatic carbocycles. The topological polar surface area (TPSA) is 67.2 Å². The molecule has 0 aliphatic heterocycles. The summed E-state index contributed by atoms with van der Waals surface area (Å²) in [5.41, 5.74) is 11.0. The lowest BCUT2D eigenvalue weighted by Crippen LogP contribution is -2.53. The molecule has 0 fully saturated rings. The van der Waals surface area contributed by atoms with Crippen LogP contribution in [0.1, 0.15) is 61.4 Å². The number of amides is 1. The standard InChI is InChI=1S/C25H33F2N3O/c1-3-16-8-9-18-6-5-7-23(21(18)12-16)29-15-22(28)24(30-25(31)4-2)13-17-10-19(26)14-20(27)11-17/h8-12,14,22-24,29H,3-7,13,15,28H2,1-2H3,(H,30,31)/t22-,23-,24-/m0/s1. The van der Waals surface area contributed by atoms with Gasteiger partial charge < -0.3 is 16.4 Å². The number of fused-ring (bicyclic) bond motifs is 1. The number of nitrogens with two attached hydrogens (primary N) is 1. The molecule has 4 N–H and O–H groups in total. The quantitative estimate of drug-likeness (QED) is 0.565. The number of hydrogen-bond acceptors (Lipinski definition) is 3. The molecule has 2 aromatic rings. The highest BCUT2D eigenvalue weighted by Crippen LogP contribution is 2.30. The van der Waals surface area contributed by atoms with Crippen LogP contribution in [0.2, 0.25) is 0 Å². The Morgan fingerprint density at radius 2 is 1.87 bits per heavy atom. The SMILES string of the molecule is CCC(=O)N[C@@H](Cc1cc(F)cc(F)c1)[C@@H](N)CN[C@H]1CCCc2ccc(CC)cc21. The first kappa shape index (κ1) is 23.4. The summed E-state index contributed by atoms with van der Waals surface area (Å²) in [4.78, 5) is 12.1. The normalized spacial score (nSPS) is 17.6. The summed E-state index contributed by atoms with van der Waals surface area (Å²) in [6.45, 7) is 4.41. The van der Waals surface area contributed by atoms with Gasteiger partial charge in [-0.15, -0.1) is 0 Å². The summed E-state index contributed by atoms with van der Waals surface area (Å²) >= 11 is 0. The van der Waals surface area contributed by atoms with Crippen molar-refractivity contribution in [3.63, 3.8) is 0 Å². The van der Waals surface area contributed by atoms with Gasteiger partial charge >= 0.3 is 0 Å². The Balaban J connectivity index is 1.70. The van der Waals surface area contributed by atoms with Gasteiger partial charge in [-0.1, -0.05) is 32.0 Å². The van der Waals surface area contributed by atoms with Gasteiger partial charge in [0.2, 0.25) is 5.91 Å². The van der Waals surface area contributed by atoms with Crippen LogP contribution in [0.5, 0.6) is 0 Å². The van der Waals surface area contributed by atoms with Crippen LogP contribution in [0.15, 0.2) is 36.4 Å². The lowest BCUT2D eigenvalue weighted by molar-refractivity contribution is -0.121. The van der Waals surface area contributed by atoms with Crippen molar-refractivity contribution in [3.8, 4) is 0 Å². The van der Waals surface area contributed by atoms with Gasteiger partial charge in [0.1, 0.15) is 11.6 Å². The van der Waals surface area contributed by atoms with Crippen molar-refractivity contribution < 1.29 is 13.6 Å². The van der Waals surface area contributed by atoms with E-state index in [1.54, 1.807) is 6.92 Å². The second-order valence-corrected chi connectivity index (χ2v) is 8.41. The van der Waals surface area contributed by atoms with Gasteiger partial charge in [-0.3, -0.25) is 4.79 Å². The number of halogens is 2. The van der Waals surface area contributed by atoms with Gasteiger partial charge in [0.15, 0.2) is 0 Å². The molecule has 168 valence electrons. The lowest BCUT2D eigenvalue weighted by atomic mass is 9.86. The van der Waals surface area contributed by atoms with Crippen molar-refractivity contribution in [1.29, 1.82) is 0 Å². The number of hydrogen-bond donors (Lipinski definition) is 3. The minimum absolute atomic E-state index is 0.132. The molecular weight excluding hydrogens is 396 g/mol. The van der Waals surface area contributed by atoms with Gasteiger partial charge in [0, 0.05) is 37.2 Å². The number of carbonyl (C=O) groups is 1. The molecule has 3 atom stereocenters. The second-order valence-electron chi connectivity index (χ2n) is 8.41. The monoisotopic (exact) mass is 429 g/mol. The van der Waals surface area contributed by atoms with Gasteiger partial charge in [0.05, 0.1) is 0 Å². The Labute approximate surface area is 183 Å². The minimum Gasteiger partial charge on any atom is -0.351 e. The fraction of sp³-hybridized carbons (Fsp3) is 0.480. The van der Waals surface area contributed by atoms with Crippen LogP contribution in [-0.2, 0) is 24.1 Å². The fourth-order valence-electron chi connectivity index (χ4n) is 4.30. The summed E-state index contributed by atoms with van der Waals surface area (Å²) < 4.78 is 27.3. The highest BCUT2D eigenvalue weighted by Gasteiger charge is 2.24. The summed E-state index contributed by atoms with van der Waals surface area (Å²) in [5, 5.41) is 6.51. The first-order valence-electron chi connectivity index (χ1n) is 11.2. The third-order valence-corrected chi connectivity index (χ3v) is 6.10. The molecule has 0 bridgehead atoms. The van der Waals surface area contributed by atoms with Crippen LogP contribution in [0.3, 0.4) is 0 Å². The largest absolute Gasteiger partial charge is 0.351 e. The smallest absolute Gasteiger partial charge is 0.219 e. The zero-order valence-electron chi connectivity index (χ0n) is 18.4. The van der Waals surface area contributed by atoms with Crippen molar-refractivity contribution in [2.75, 3.05) is 6.54 Å². The molecule has 0 aromatic heterocycles. The molecule has 1 amide bonds. The first-order valence-corrected chi connectivity index (χ1v) is 11.2. The van der Waals surface area contributed by atoms with Crippen LogP contribution >= 0.6 is 0 Å². The average molecular weight is 430 g/mol. The predicted molar refractivity (Wildman–Crippen MR) is 120 cm³/mol. The Morgan fingerprint density at radius 3 is 2.55 bits per heavy atom. The van der Waals surface area contributed by atoms with Gasteiger partial charge in [-0.25, -0.2) is 8.78 Å². The zero-order chi connectivity index (χ0) is 22.4. The Hall–Kier alpha value is -2.31. The predicted octanol–water partition coefficient (Wildman–Crippen LogP) is 3.96. The molecular formula is C25H33F2N3O. The Kier molecular flexibility index (Phi) is 8.15. The van der Waals surface area contributed by atoms with E-state index in [1.165, 1.54) is 28.8 Å². The number of aryl methyl sites for hydroxylation is 2. The maximum absolute atomic E-state index is 13.6. The molecule has 1 aliphatic rings. The Morgan fingerprint density at radius 1 is 1.13 bits per heavy atom. The molecule has 31 heavy (non-hydrogen) atoms. The second kappa shape index (κ2) is 10.8. The molecule has 1 aliphatic carbocycles. The lowest BCUT2D eigenvalue weighted by Gasteiger charge is -2.31. The minimum atomic E-state index is -0.632. The molecule has 0 spiro atoms. The summed E-state index contributed by atoms with van der Waals surface area (Å²) in [7, 11) is 0. The van der Waals surface area contributed by atoms with Crippen molar-refractivity contribution in [1.82, 2.24) is 10.6 Å². The van der Waals surface area contributed by atoms with E-state index in [0.717, 1.165) is 31.7 Å². The van der Waals surface area contributed by atoms with Crippen LogP contribution < -0.4 is 16.4 Å². The molecule has 0 saturated carbocycles. The van der Waals surface area contributed by atoms with E-state index >= 15 is 0 Å². The molecule has 0 unspecified atom stereocenters. The van der Waals surface area contributed by atoms with Crippen LogP contribution in [0.25, 0.3) is 0 Å². The highest BCUT2D eigenvalue weighted by molar-refractivity contribution is 5.76. The molecule has 0 heterocycles. The van der Waals surface area contributed by atoms with E-state index in [4.69, 9.17) is 5.73 Å². The molecule has 6 heteroatoms. The van der Waals surface area contributed by atoms with E-state index in [9.17, 15) is 13.6 Å².